The first kappa shape index (κ1) is 14.3. The van der Waals surface area contributed by atoms with Crippen LogP contribution in [0.4, 0.5) is 0 Å². The summed E-state index contributed by atoms with van der Waals surface area (Å²) in [5.41, 5.74) is 0.483. The first-order valence-electron chi connectivity index (χ1n) is 4.60. The van der Waals surface area contributed by atoms with Crippen molar-refractivity contribution in [2.75, 3.05) is 6.61 Å². The SMILES string of the molecule is O=[C]C(C(=O)OCC(Cl)(Cl)Cl)c1ccccc1. The molecule has 0 aromatic heterocycles. The summed E-state index contributed by atoms with van der Waals surface area (Å²) in [5.74, 6) is -1.92. The monoisotopic (exact) mass is 293 g/mol. The van der Waals surface area contributed by atoms with Gasteiger partial charge in [-0.1, -0.05) is 65.1 Å². The molecule has 1 rings (SSSR count). The van der Waals surface area contributed by atoms with E-state index in [-0.39, 0.29) is 0 Å². The van der Waals surface area contributed by atoms with Crippen LogP contribution in [0.5, 0.6) is 0 Å². The molecule has 0 aliphatic rings. The van der Waals surface area contributed by atoms with Crippen LogP contribution < -0.4 is 0 Å². The molecule has 0 aliphatic carbocycles. The Hall–Kier alpha value is -0.770. The Bertz CT molecular complexity index is 387. The van der Waals surface area contributed by atoms with Gasteiger partial charge in [-0.3, -0.25) is 9.59 Å². The highest BCUT2D eigenvalue weighted by molar-refractivity contribution is 6.67. The molecule has 0 heterocycles. The summed E-state index contributed by atoms with van der Waals surface area (Å²) in [6.45, 7) is -0.415. The second-order valence-corrected chi connectivity index (χ2v) is 5.70. The third-order valence-electron chi connectivity index (χ3n) is 1.86. The Morgan fingerprint density at radius 2 is 1.88 bits per heavy atom. The lowest BCUT2D eigenvalue weighted by Crippen LogP contribution is -2.22. The minimum absolute atomic E-state index is 0.415. The first-order valence-corrected chi connectivity index (χ1v) is 5.73. The molecular formula is C11H8Cl3O3. The number of benzene rings is 1. The summed E-state index contributed by atoms with van der Waals surface area (Å²) in [7, 11) is 0. The van der Waals surface area contributed by atoms with Gasteiger partial charge < -0.3 is 4.74 Å². The maximum Gasteiger partial charge on any atom is 0.321 e. The third-order valence-corrected chi connectivity index (χ3v) is 2.19. The molecule has 0 saturated heterocycles. The van der Waals surface area contributed by atoms with Crippen LogP contribution in [-0.4, -0.2) is 22.7 Å². The Morgan fingerprint density at radius 3 is 2.35 bits per heavy atom. The number of hydrogen-bond donors (Lipinski definition) is 0. The van der Waals surface area contributed by atoms with Gasteiger partial charge in [0.05, 0.1) is 0 Å². The molecule has 0 N–H and O–H groups in total. The lowest BCUT2D eigenvalue weighted by atomic mass is 10.0. The maximum atomic E-state index is 11.6. The molecule has 1 radical (unpaired) electrons. The molecule has 0 bridgehead atoms. The van der Waals surface area contributed by atoms with Crippen LogP contribution in [-0.2, 0) is 14.3 Å². The van der Waals surface area contributed by atoms with E-state index in [2.05, 4.69) is 0 Å². The van der Waals surface area contributed by atoms with E-state index >= 15 is 0 Å². The molecule has 0 saturated carbocycles. The standard InChI is InChI=1S/C11H8Cl3O3/c12-11(13,14)7-17-10(16)9(6-15)8-4-2-1-3-5-8/h1-5,9H,7H2. The molecule has 1 aromatic rings. The van der Waals surface area contributed by atoms with Crippen molar-refractivity contribution in [1.29, 1.82) is 0 Å². The van der Waals surface area contributed by atoms with E-state index in [0.717, 1.165) is 0 Å². The van der Waals surface area contributed by atoms with Gasteiger partial charge in [-0.2, -0.15) is 0 Å². The second-order valence-electron chi connectivity index (χ2n) is 3.18. The van der Waals surface area contributed by atoms with Crippen LogP contribution in [0.25, 0.3) is 0 Å². The molecule has 0 spiro atoms. The van der Waals surface area contributed by atoms with Gasteiger partial charge in [-0.05, 0) is 5.56 Å². The molecule has 0 aliphatic heterocycles. The van der Waals surface area contributed by atoms with Gasteiger partial charge in [-0.15, -0.1) is 0 Å². The van der Waals surface area contributed by atoms with E-state index in [9.17, 15) is 9.59 Å². The average molecular weight is 295 g/mol. The first-order chi connectivity index (χ1) is 7.94. The molecule has 6 heteroatoms. The molecule has 1 atom stereocenters. The number of carbonyl (C=O) groups is 1. The number of alkyl halides is 3. The lowest BCUT2D eigenvalue weighted by molar-refractivity contribution is -0.143. The molecule has 3 nitrogen and oxygen atoms in total. The molecule has 1 unspecified atom stereocenters. The van der Waals surface area contributed by atoms with Crippen LogP contribution in [0.1, 0.15) is 11.5 Å². The van der Waals surface area contributed by atoms with Crippen molar-refractivity contribution in [3.63, 3.8) is 0 Å². The summed E-state index contributed by atoms with van der Waals surface area (Å²) in [6.07, 6.45) is 1.60. The molecule has 0 fully saturated rings. The van der Waals surface area contributed by atoms with Crippen LogP contribution in [0, 0.1) is 0 Å². The topological polar surface area (TPSA) is 43.4 Å². The fourth-order valence-electron chi connectivity index (χ4n) is 1.13. The number of ether oxygens (including phenoxy) is 1. The predicted octanol–water partition coefficient (Wildman–Crippen LogP) is 2.79. The van der Waals surface area contributed by atoms with Gasteiger partial charge in [0.25, 0.3) is 0 Å². The summed E-state index contributed by atoms with van der Waals surface area (Å²) in [5, 5.41) is 0. The van der Waals surface area contributed by atoms with E-state index in [1.54, 1.807) is 36.6 Å². The van der Waals surface area contributed by atoms with Gasteiger partial charge in [0.15, 0.2) is 0 Å². The van der Waals surface area contributed by atoms with Crippen LogP contribution in [0.3, 0.4) is 0 Å². The van der Waals surface area contributed by atoms with E-state index in [4.69, 9.17) is 39.5 Å². The van der Waals surface area contributed by atoms with Crippen molar-refractivity contribution >= 4 is 47.1 Å². The van der Waals surface area contributed by atoms with Crippen molar-refractivity contribution in [3.8, 4) is 0 Å². The van der Waals surface area contributed by atoms with E-state index in [0.29, 0.717) is 5.56 Å². The number of esters is 1. The average Bonchev–Trinajstić information content (AvgIpc) is 2.28. The second kappa shape index (κ2) is 6.24. The number of rotatable bonds is 4. The highest BCUT2D eigenvalue weighted by Crippen LogP contribution is 2.27. The maximum absolute atomic E-state index is 11.6. The van der Waals surface area contributed by atoms with Gasteiger partial charge in [0.2, 0.25) is 10.1 Å². The molecule has 0 amide bonds. The zero-order valence-corrected chi connectivity index (χ0v) is 10.8. The number of hydrogen-bond acceptors (Lipinski definition) is 3. The van der Waals surface area contributed by atoms with Crippen LogP contribution in [0.2, 0.25) is 0 Å². The summed E-state index contributed by atoms with van der Waals surface area (Å²) >= 11 is 16.3. The van der Waals surface area contributed by atoms with Gasteiger partial charge in [-0.25, -0.2) is 0 Å². The van der Waals surface area contributed by atoms with Crippen LogP contribution >= 0.6 is 34.8 Å². The molecule has 1 aromatic carbocycles. The quantitative estimate of drug-likeness (QED) is 0.487. The fourth-order valence-corrected chi connectivity index (χ4v) is 1.30. The summed E-state index contributed by atoms with van der Waals surface area (Å²) in [6, 6.07) is 8.39. The molecule has 17 heavy (non-hydrogen) atoms. The highest BCUT2D eigenvalue weighted by atomic mass is 35.6. The summed E-state index contributed by atoms with van der Waals surface area (Å²) in [4.78, 5) is 22.3. The minimum Gasteiger partial charge on any atom is -0.460 e. The zero-order valence-electron chi connectivity index (χ0n) is 8.53. The molecular weight excluding hydrogens is 286 g/mol. The normalized spacial score (nSPS) is 12.9. The predicted molar refractivity (Wildman–Crippen MR) is 66.1 cm³/mol. The van der Waals surface area contributed by atoms with E-state index in [1.807, 2.05) is 0 Å². The Labute approximate surface area is 114 Å². The Kier molecular flexibility index (Phi) is 5.25. The summed E-state index contributed by atoms with van der Waals surface area (Å²) < 4.78 is 3.02. The number of carbonyl (C=O) groups excluding carboxylic acids is 2. The van der Waals surface area contributed by atoms with Crippen molar-refractivity contribution < 1.29 is 14.3 Å². The van der Waals surface area contributed by atoms with Gasteiger partial charge in [0, 0.05) is 0 Å². The van der Waals surface area contributed by atoms with E-state index < -0.39 is 22.3 Å². The van der Waals surface area contributed by atoms with Crippen molar-refractivity contribution in [2.45, 2.75) is 9.71 Å². The zero-order chi connectivity index (χ0) is 12.9. The highest BCUT2D eigenvalue weighted by Gasteiger charge is 2.27. The van der Waals surface area contributed by atoms with Crippen molar-refractivity contribution in [3.05, 3.63) is 35.9 Å². The largest absolute Gasteiger partial charge is 0.460 e. The van der Waals surface area contributed by atoms with Crippen LogP contribution in [0.15, 0.2) is 30.3 Å². The van der Waals surface area contributed by atoms with Crippen molar-refractivity contribution in [1.82, 2.24) is 0 Å². The number of halogens is 3. The third kappa shape index (κ3) is 4.94. The van der Waals surface area contributed by atoms with E-state index in [1.165, 1.54) is 0 Å². The molecule has 91 valence electrons. The Morgan fingerprint density at radius 1 is 1.29 bits per heavy atom. The Balaban J connectivity index is 2.69. The minimum atomic E-state index is -1.69. The van der Waals surface area contributed by atoms with Gasteiger partial charge >= 0.3 is 5.97 Å². The van der Waals surface area contributed by atoms with Gasteiger partial charge in [0.1, 0.15) is 12.5 Å². The van der Waals surface area contributed by atoms with Crippen molar-refractivity contribution in [2.24, 2.45) is 0 Å². The fraction of sp³-hybridized carbons (Fsp3) is 0.273. The smallest absolute Gasteiger partial charge is 0.321 e. The lowest BCUT2D eigenvalue weighted by Gasteiger charge is -2.14.